The lowest BCUT2D eigenvalue weighted by Gasteiger charge is -2.23. The van der Waals surface area contributed by atoms with E-state index in [0.29, 0.717) is 5.69 Å². The minimum atomic E-state index is -1.14. The predicted octanol–water partition coefficient (Wildman–Crippen LogP) is 1.99. The fourth-order valence-electron chi connectivity index (χ4n) is 2.22. The molecule has 1 aliphatic rings. The van der Waals surface area contributed by atoms with E-state index in [0.717, 1.165) is 10.5 Å². The fraction of sp³-hybridized carbons (Fsp3) is 0.400. The molecule has 5 heteroatoms. The molecule has 0 saturated heterocycles. The molecule has 5 nitrogen and oxygen atoms in total. The third kappa shape index (κ3) is 2.09. The molecule has 0 spiro atoms. The van der Waals surface area contributed by atoms with Gasteiger partial charge in [-0.1, -0.05) is 26.8 Å². The summed E-state index contributed by atoms with van der Waals surface area (Å²) in [7, 11) is 0. The summed E-state index contributed by atoms with van der Waals surface area (Å²) < 4.78 is 0. The van der Waals surface area contributed by atoms with Crippen LogP contribution in [-0.2, 0) is 15.0 Å². The Labute approximate surface area is 117 Å². The van der Waals surface area contributed by atoms with Crippen molar-refractivity contribution in [3.63, 3.8) is 0 Å². The zero-order chi connectivity index (χ0) is 15.2. The first-order valence-electron chi connectivity index (χ1n) is 6.40. The van der Waals surface area contributed by atoms with E-state index in [2.05, 4.69) is 0 Å². The topological polar surface area (TPSA) is 74.7 Å². The lowest BCUT2D eigenvalue weighted by Crippen LogP contribution is -2.42. The van der Waals surface area contributed by atoms with Gasteiger partial charge in [-0.3, -0.25) is 14.5 Å². The number of benzene rings is 1. The van der Waals surface area contributed by atoms with E-state index in [4.69, 9.17) is 5.11 Å². The minimum absolute atomic E-state index is 0.149. The number of amides is 1. The molecular weight excluding hydrogens is 258 g/mol. The first-order chi connectivity index (χ1) is 9.14. The van der Waals surface area contributed by atoms with E-state index in [1.54, 1.807) is 12.1 Å². The Morgan fingerprint density at radius 2 is 1.85 bits per heavy atom. The number of hydrogen-bond donors (Lipinski definition) is 1. The second kappa shape index (κ2) is 4.44. The number of Topliss-reactive ketones (excluding diaryl/α,β-unsaturated/α-hetero) is 1. The Kier molecular flexibility index (Phi) is 3.16. The summed E-state index contributed by atoms with van der Waals surface area (Å²) in [6.07, 6.45) is 0. The number of rotatable bonds is 2. The van der Waals surface area contributed by atoms with Gasteiger partial charge in [0.05, 0.1) is 11.3 Å². The number of anilines is 1. The van der Waals surface area contributed by atoms with Crippen LogP contribution in [0.15, 0.2) is 18.2 Å². The van der Waals surface area contributed by atoms with Crippen LogP contribution in [0, 0.1) is 0 Å². The molecule has 1 heterocycles. The summed E-state index contributed by atoms with van der Waals surface area (Å²) in [6.45, 7) is 7.41. The highest BCUT2D eigenvalue weighted by atomic mass is 16.4. The molecule has 0 aliphatic carbocycles. The van der Waals surface area contributed by atoms with E-state index >= 15 is 0 Å². The van der Waals surface area contributed by atoms with Gasteiger partial charge in [-0.2, -0.15) is 0 Å². The number of hydrogen-bond acceptors (Lipinski definition) is 3. The van der Waals surface area contributed by atoms with E-state index in [-0.39, 0.29) is 11.0 Å². The standard InChI is InChI=1S/C15H17NO4/c1-8(14(19)20)16-11-6-5-9(15(2,3)4)7-10(11)12(17)13(16)18/h5-8H,1-4H3,(H,19,20). The van der Waals surface area contributed by atoms with Crippen LogP contribution < -0.4 is 4.90 Å². The number of carbonyl (C=O) groups is 3. The molecule has 1 N–H and O–H groups in total. The number of nitrogens with zero attached hydrogens (tertiary/aromatic N) is 1. The van der Waals surface area contributed by atoms with Crippen molar-refractivity contribution in [3.8, 4) is 0 Å². The van der Waals surface area contributed by atoms with E-state index < -0.39 is 23.7 Å². The summed E-state index contributed by atoms with van der Waals surface area (Å²) in [5.74, 6) is -2.56. The maximum absolute atomic E-state index is 12.0. The first-order valence-corrected chi connectivity index (χ1v) is 6.40. The van der Waals surface area contributed by atoms with Crippen LogP contribution >= 0.6 is 0 Å². The zero-order valence-corrected chi connectivity index (χ0v) is 11.9. The largest absolute Gasteiger partial charge is 0.480 e. The third-order valence-electron chi connectivity index (χ3n) is 3.52. The van der Waals surface area contributed by atoms with Gasteiger partial charge in [-0.05, 0) is 30.0 Å². The highest BCUT2D eigenvalue weighted by molar-refractivity contribution is 6.52. The van der Waals surface area contributed by atoms with Gasteiger partial charge in [-0.25, -0.2) is 4.79 Å². The maximum atomic E-state index is 12.0. The van der Waals surface area contributed by atoms with Crippen molar-refractivity contribution in [1.82, 2.24) is 0 Å². The Hall–Kier alpha value is -2.17. The van der Waals surface area contributed by atoms with Gasteiger partial charge in [0.2, 0.25) is 0 Å². The number of carboxylic acid groups (broad SMARTS) is 1. The molecule has 1 aromatic carbocycles. The first kappa shape index (κ1) is 14.2. The lowest BCUT2D eigenvalue weighted by atomic mass is 9.86. The van der Waals surface area contributed by atoms with Gasteiger partial charge in [-0.15, -0.1) is 0 Å². The summed E-state index contributed by atoms with van der Waals surface area (Å²) in [6, 6.07) is 4.10. The van der Waals surface area contributed by atoms with Crippen molar-refractivity contribution < 1.29 is 19.5 Å². The van der Waals surface area contributed by atoms with Crippen molar-refractivity contribution in [2.45, 2.75) is 39.2 Å². The lowest BCUT2D eigenvalue weighted by molar-refractivity contribution is -0.139. The molecule has 0 radical (unpaired) electrons. The SMILES string of the molecule is CC(C(=O)O)N1C(=O)C(=O)c2cc(C(C)(C)C)ccc21. The molecule has 20 heavy (non-hydrogen) atoms. The molecule has 1 unspecified atom stereocenters. The Balaban J connectivity index is 2.56. The molecule has 1 atom stereocenters. The molecule has 106 valence electrons. The smallest absolute Gasteiger partial charge is 0.326 e. The Morgan fingerprint density at radius 1 is 1.25 bits per heavy atom. The Morgan fingerprint density at radius 3 is 2.35 bits per heavy atom. The van der Waals surface area contributed by atoms with Crippen molar-refractivity contribution in [1.29, 1.82) is 0 Å². The van der Waals surface area contributed by atoms with Crippen molar-refractivity contribution >= 4 is 23.3 Å². The van der Waals surface area contributed by atoms with Crippen LogP contribution in [0.25, 0.3) is 0 Å². The second-order valence-corrected chi connectivity index (χ2v) is 6.00. The average Bonchev–Trinajstić information content (AvgIpc) is 2.60. The van der Waals surface area contributed by atoms with Crippen LogP contribution in [0.1, 0.15) is 43.6 Å². The highest BCUT2D eigenvalue weighted by Crippen LogP contribution is 2.34. The van der Waals surface area contributed by atoms with Gasteiger partial charge >= 0.3 is 5.97 Å². The van der Waals surface area contributed by atoms with Crippen molar-refractivity contribution in [3.05, 3.63) is 29.3 Å². The van der Waals surface area contributed by atoms with Gasteiger partial charge in [0.15, 0.2) is 0 Å². The highest BCUT2D eigenvalue weighted by Gasteiger charge is 2.41. The molecule has 0 fully saturated rings. The number of ketones is 1. The zero-order valence-electron chi connectivity index (χ0n) is 11.9. The number of fused-ring (bicyclic) bond motifs is 1. The maximum Gasteiger partial charge on any atom is 0.326 e. The molecule has 1 amide bonds. The van der Waals surface area contributed by atoms with Gasteiger partial charge < -0.3 is 5.11 Å². The molecule has 1 aromatic rings. The molecule has 1 aliphatic heterocycles. The van der Waals surface area contributed by atoms with Gasteiger partial charge in [0.1, 0.15) is 6.04 Å². The summed E-state index contributed by atoms with van der Waals surface area (Å²) in [5, 5.41) is 9.05. The van der Waals surface area contributed by atoms with Crippen LogP contribution in [0.4, 0.5) is 5.69 Å². The third-order valence-corrected chi connectivity index (χ3v) is 3.52. The molecule has 0 saturated carbocycles. The predicted molar refractivity (Wildman–Crippen MR) is 74.1 cm³/mol. The summed E-state index contributed by atoms with van der Waals surface area (Å²) >= 11 is 0. The molecule has 2 rings (SSSR count). The average molecular weight is 275 g/mol. The summed E-state index contributed by atoms with van der Waals surface area (Å²) in [5.41, 5.74) is 1.45. The van der Waals surface area contributed by atoms with Crippen LogP contribution in [-0.4, -0.2) is 28.8 Å². The number of carboxylic acids is 1. The van der Waals surface area contributed by atoms with Crippen LogP contribution in [0.3, 0.4) is 0 Å². The molecular formula is C15H17NO4. The van der Waals surface area contributed by atoms with Crippen molar-refractivity contribution in [2.24, 2.45) is 0 Å². The van der Waals surface area contributed by atoms with Gasteiger partial charge in [0.25, 0.3) is 11.7 Å². The van der Waals surface area contributed by atoms with E-state index in [1.165, 1.54) is 6.92 Å². The fourth-order valence-corrected chi connectivity index (χ4v) is 2.22. The number of carbonyl (C=O) groups excluding carboxylic acids is 2. The normalized spacial score (nSPS) is 16.3. The van der Waals surface area contributed by atoms with E-state index in [9.17, 15) is 14.4 Å². The molecule has 0 aromatic heterocycles. The quantitative estimate of drug-likeness (QED) is 0.837. The monoisotopic (exact) mass is 275 g/mol. The second-order valence-electron chi connectivity index (χ2n) is 6.00. The molecule has 0 bridgehead atoms. The van der Waals surface area contributed by atoms with Crippen molar-refractivity contribution in [2.75, 3.05) is 4.90 Å². The Bertz CT molecular complexity index is 613. The minimum Gasteiger partial charge on any atom is -0.480 e. The van der Waals surface area contributed by atoms with Crippen LogP contribution in [0.2, 0.25) is 0 Å². The van der Waals surface area contributed by atoms with Crippen LogP contribution in [0.5, 0.6) is 0 Å². The van der Waals surface area contributed by atoms with Gasteiger partial charge in [0, 0.05) is 0 Å². The van der Waals surface area contributed by atoms with E-state index in [1.807, 2.05) is 26.8 Å². The number of aliphatic carboxylic acids is 1. The summed E-state index contributed by atoms with van der Waals surface area (Å²) in [4.78, 5) is 36.1.